The third-order valence-electron chi connectivity index (χ3n) is 5.47. The maximum Gasteiger partial charge on any atom is 0.412 e. The van der Waals surface area contributed by atoms with Crippen molar-refractivity contribution in [2.45, 2.75) is 32.0 Å². The number of amides is 1. The molecular weight excluding hydrogens is 426 g/mol. The first-order valence-corrected chi connectivity index (χ1v) is 10.3. The topological polar surface area (TPSA) is 114 Å². The standard InChI is InChI=1S/C25H21NO7/c1-24(2,3)33-23(30)26-20-18(28)11-10-17-21(20)31-19-12-13(27)8-9-16(19)25(17)15-7-5-4-6-14(15)22(29)32-25/h4-12,27-28H,1-3H3,(H,26,30). The molecule has 1 unspecified atom stereocenters. The van der Waals surface area contributed by atoms with Crippen molar-refractivity contribution >= 4 is 17.7 Å². The van der Waals surface area contributed by atoms with Crippen LogP contribution in [0.5, 0.6) is 23.0 Å². The molecule has 5 rings (SSSR count). The number of phenolic OH excluding ortho intramolecular Hbond substituents is 2. The highest BCUT2D eigenvalue weighted by atomic mass is 16.6. The molecule has 0 bridgehead atoms. The minimum absolute atomic E-state index is 0.0458. The summed E-state index contributed by atoms with van der Waals surface area (Å²) < 4.78 is 17.4. The summed E-state index contributed by atoms with van der Waals surface area (Å²) >= 11 is 0. The number of hydrogen-bond acceptors (Lipinski definition) is 7. The molecule has 1 spiro atoms. The van der Waals surface area contributed by atoms with Gasteiger partial charge in [-0.2, -0.15) is 0 Å². The molecule has 168 valence electrons. The van der Waals surface area contributed by atoms with E-state index in [1.165, 1.54) is 18.2 Å². The molecule has 3 aromatic carbocycles. The van der Waals surface area contributed by atoms with E-state index >= 15 is 0 Å². The Bertz CT molecular complexity index is 1320. The molecular formula is C25H21NO7. The number of fused-ring (bicyclic) bond motifs is 6. The highest BCUT2D eigenvalue weighted by Gasteiger charge is 2.54. The van der Waals surface area contributed by atoms with Crippen LogP contribution >= 0.6 is 0 Å². The number of anilines is 1. The van der Waals surface area contributed by atoms with Gasteiger partial charge in [-0.15, -0.1) is 0 Å². The summed E-state index contributed by atoms with van der Waals surface area (Å²) in [4.78, 5) is 25.4. The van der Waals surface area contributed by atoms with Crippen molar-refractivity contribution in [3.63, 3.8) is 0 Å². The number of carbonyl (C=O) groups excluding carboxylic acids is 2. The number of rotatable bonds is 1. The summed E-state index contributed by atoms with van der Waals surface area (Å²) in [5.41, 5.74) is -0.338. The second kappa shape index (κ2) is 6.90. The minimum atomic E-state index is -1.40. The van der Waals surface area contributed by atoms with E-state index in [1.807, 2.05) is 0 Å². The fraction of sp³-hybridized carbons (Fsp3) is 0.200. The van der Waals surface area contributed by atoms with E-state index < -0.39 is 23.3 Å². The molecule has 3 aromatic rings. The molecule has 1 atom stereocenters. The fourth-order valence-electron chi connectivity index (χ4n) is 4.24. The number of ether oxygens (including phenoxy) is 3. The number of aromatic hydroxyl groups is 2. The maximum absolute atomic E-state index is 12.9. The van der Waals surface area contributed by atoms with Gasteiger partial charge in [-0.25, -0.2) is 9.59 Å². The number of phenols is 2. The van der Waals surface area contributed by atoms with Crippen LogP contribution < -0.4 is 10.1 Å². The van der Waals surface area contributed by atoms with E-state index in [-0.39, 0.29) is 28.7 Å². The van der Waals surface area contributed by atoms with Crippen LogP contribution in [0.15, 0.2) is 54.6 Å². The van der Waals surface area contributed by atoms with E-state index in [0.29, 0.717) is 22.3 Å². The number of hydrogen-bond donors (Lipinski definition) is 3. The molecule has 0 aliphatic carbocycles. The lowest BCUT2D eigenvalue weighted by atomic mass is 9.77. The molecule has 8 nitrogen and oxygen atoms in total. The van der Waals surface area contributed by atoms with E-state index in [9.17, 15) is 19.8 Å². The summed E-state index contributed by atoms with van der Waals surface area (Å²) in [5.74, 6) is -0.566. The van der Waals surface area contributed by atoms with Gasteiger partial charge in [0.1, 0.15) is 28.5 Å². The molecule has 2 aliphatic rings. The highest BCUT2D eigenvalue weighted by molar-refractivity contribution is 5.98. The Morgan fingerprint density at radius 2 is 1.73 bits per heavy atom. The van der Waals surface area contributed by atoms with E-state index in [0.717, 1.165) is 0 Å². The average Bonchev–Trinajstić information content (AvgIpc) is 3.02. The van der Waals surface area contributed by atoms with Crippen LogP contribution in [-0.2, 0) is 15.1 Å². The molecule has 2 aliphatic heterocycles. The lowest BCUT2D eigenvalue weighted by Crippen LogP contribution is -2.33. The van der Waals surface area contributed by atoms with Crippen LogP contribution in [0.3, 0.4) is 0 Å². The fourth-order valence-corrected chi connectivity index (χ4v) is 4.24. The van der Waals surface area contributed by atoms with Gasteiger partial charge < -0.3 is 24.4 Å². The maximum atomic E-state index is 12.9. The first kappa shape index (κ1) is 20.7. The van der Waals surface area contributed by atoms with Crippen molar-refractivity contribution in [3.8, 4) is 23.0 Å². The molecule has 2 heterocycles. The second-order valence-electron chi connectivity index (χ2n) is 8.86. The Hall–Kier alpha value is -4.20. The van der Waals surface area contributed by atoms with Crippen LogP contribution in [0.2, 0.25) is 0 Å². The lowest BCUT2D eigenvalue weighted by Gasteiger charge is -2.37. The number of carbonyl (C=O) groups is 2. The van der Waals surface area contributed by atoms with E-state index in [4.69, 9.17) is 14.2 Å². The van der Waals surface area contributed by atoms with Crippen molar-refractivity contribution in [2.24, 2.45) is 0 Å². The molecule has 8 heteroatoms. The predicted octanol–water partition coefficient (Wildman–Crippen LogP) is 5.01. The highest BCUT2D eigenvalue weighted by Crippen LogP contribution is 2.59. The van der Waals surface area contributed by atoms with Gasteiger partial charge in [-0.05, 0) is 51.1 Å². The van der Waals surface area contributed by atoms with Crippen LogP contribution in [0.1, 0.15) is 47.8 Å². The van der Waals surface area contributed by atoms with Crippen molar-refractivity contribution in [1.82, 2.24) is 0 Å². The zero-order chi connectivity index (χ0) is 23.5. The number of benzene rings is 3. The first-order valence-electron chi connectivity index (χ1n) is 10.3. The molecule has 0 saturated heterocycles. The van der Waals surface area contributed by atoms with Gasteiger partial charge >= 0.3 is 12.1 Å². The molecule has 0 saturated carbocycles. The Balaban J connectivity index is 1.76. The third-order valence-corrected chi connectivity index (χ3v) is 5.47. The van der Waals surface area contributed by atoms with E-state index in [1.54, 1.807) is 57.2 Å². The van der Waals surface area contributed by atoms with E-state index in [2.05, 4.69) is 5.32 Å². The Morgan fingerprint density at radius 1 is 1.00 bits per heavy atom. The molecule has 0 fully saturated rings. The zero-order valence-electron chi connectivity index (χ0n) is 18.1. The lowest BCUT2D eigenvalue weighted by molar-refractivity contribution is 0.0223. The van der Waals surface area contributed by atoms with Crippen LogP contribution in [0, 0.1) is 0 Å². The second-order valence-corrected chi connectivity index (χ2v) is 8.86. The van der Waals surface area contributed by atoms with Crippen LogP contribution in [0.4, 0.5) is 10.5 Å². The molecule has 33 heavy (non-hydrogen) atoms. The average molecular weight is 447 g/mol. The first-order chi connectivity index (χ1) is 15.6. The predicted molar refractivity (Wildman–Crippen MR) is 118 cm³/mol. The van der Waals surface area contributed by atoms with Gasteiger partial charge in [0, 0.05) is 17.2 Å². The normalized spacial score (nSPS) is 18.0. The van der Waals surface area contributed by atoms with Crippen molar-refractivity contribution < 1.29 is 34.0 Å². The summed E-state index contributed by atoms with van der Waals surface area (Å²) in [6, 6.07) is 14.4. The van der Waals surface area contributed by atoms with Crippen molar-refractivity contribution in [1.29, 1.82) is 0 Å². The molecule has 1 amide bonds. The smallest absolute Gasteiger partial charge is 0.412 e. The Labute approximate surface area is 189 Å². The summed E-state index contributed by atoms with van der Waals surface area (Å²) in [6.45, 7) is 5.14. The monoisotopic (exact) mass is 447 g/mol. The molecule has 0 radical (unpaired) electrons. The van der Waals surface area contributed by atoms with Gasteiger partial charge in [-0.1, -0.05) is 18.2 Å². The van der Waals surface area contributed by atoms with Gasteiger partial charge in [0.15, 0.2) is 11.4 Å². The largest absolute Gasteiger partial charge is 0.508 e. The number of nitrogens with one attached hydrogen (secondary N) is 1. The molecule has 0 aromatic heterocycles. The zero-order valence-corrected chi connectivity index (χ0v) is 18.1. The summed E-state index contributed by atoms with van der Waals surface area (Å²) in [7, 11) is 0. The van der Waals surface area contributed by atoms with Gasteiger partial charge in [-0.3, -0.25) is 5.32 Å². The quantitative estimate of drug-likeness (QED) is 0.355. The van der Waals surface area contributed by atoms with Gasteiger partial charge in [0.05, 0.1) is 11.1 Å². The number of esters is 1. The van der Waals surface area contributed by atoms with Crippen molar-refractivity contribution in [3.05, 3.63) is 76.9 Å². The third kappa shape index (κ3) is 3.14. The van der Waals surface area contributed by atoms with Crippen molar-refractivity contribution in [2.75, 3.05) is 5.32 Å². The Kier molecular flexibility index (Phi) is 4.32. The van der Waals surface area contributed by atoms with Crippen LogP contribution in [0.25, 0.3) is 0 Å². The molecule has 3 N–H and O–H groups in total. The Morgan fingerprint density at radius 3 is 2.48 bits per heavy atom. The van der Waals surface area contributed by atoms with Gasteiger partial charge in [0.2, 0.25) is 0 Å². The minimum Gasteiger partial charge on any atom is -0.508 e. The summed E-state index contributed by atoms with van der Waals surface area (Å²) in [5, 5.41) is 23.2. The summed E-state index contributed by atoms with van der Waals surface area (Å²) in [6.07, 6.45) is -0.797. The van der Waals surface area contributed by atoms with Crippen LogP contribution in [-0.4, -0.2) is 27.9 Å². The van der Waals surface area contributed by atoms with Gasteiger partial charge in [0.25, 0.3) is 0 Å². The SMILES string of the molecule is CC(C)(C)OC(=O)Nc1c(O)ccc2c1Oc1cc(O)ccc1C21OC(=O)c2ccccc21.